The summed E-state index contributed by atoms with van der Waals surface area (Å²) in [4.78, 5) is 0. The van der Waals surface area contributed by atoms with E-state index in [0.717, 1.165) is 5.56 Å². The van der Waals surface area contributed by atoms with Gasteiger partial charge in [0.2, 0.25) is 0 Å². The summed E-state index contributed by atoms with van der Waals surface area (Å²) >= 11 is 11.6. The first-order chi connectivity index (χ1) is 4.61. The minimum Gasteiger partial charge on any atom is -0.0938 e. The van der Waals surface area contributed by atoms with E-state index in [0.29, 0.717) is 0 Å². The zero-order valence-electron chi connectivity index (χ0n) is 5.22. The van der Waals surface area contributed by atoms with Crippen LogP contribution in [0.3, 0.4) is 0 Å². The van der Waals surface area contributed by atoms with Gasteiger partial charge in [0.05, 0.1) is 0 Å². The van der Waals surface area contributed by atoms with Crippen LogP contribution in [0.4, 0.5) is 0 Å². The molecule has 0 heterocycles. The average Bonchev–Trinajstić information content (AvgIpc) is 1.88. The molecule has 3 heteroatoms. The highest BCUT2D eigenvalue weighted by molar-refractivity contribution is 7.26. The van der Waals surface area contributed by atoms with E-state index in [1.165, 1.54) is 0 Å². The smallest absolute Gasteiger partial charge is 0.0938 e. The standard InChI is InChI=1S/C7H7Cl2P/c8-7(9,10)6-4-2-1-3-5-6/h1-5H,10H2. The van der Waals surface area contributed by atoms with Crippen molar-refractivity contribution < 1.29 is 0 Å². The molecule has 1 atom stereocenters. The number of halogens is 2. The van der Waals surface area contributed by atoms with E-state index in [2.05, 4.69) is 9.24 Å². The topological polar surface area (TPSA) is 0 Å². The van der Waals surface area contributed by atoms with Crippen molar-refractivity contribution in [3.63, 3.8) is 0 Å². The minimum absolute atomic E-state index is 0.846. The van der Waals surface area contributed by atoms with Crippen LogP contribution in [0.25, 0.3) is 0 Å². The van der Waals surface area contributed by atoms with Crippen molar-refractivity contribution in [3.05, 3.63) is 35.9 Å². The second kappa shape index (κ2) is 3.09. The fourth-order valence-corrected chi connectivity index (χ4v) is 1.10. The van der Waals surface area contributed by atoms with Crippen molar-refractivity contribution in [1.82, 2.24) is 0 Å². The van der Waals surface area contributed by atoms with Gasteiger partial charge < -0.3 is 0 Å². The Morgan fingerprint density at radius 2 is 1.60 bits per heavy atom. The Labute approximate surface area is 72.7 Å². The molecule has 1 aromatic rings. The zero-order chi connectivity index (χ0) is 7.61. The van der Waals surface area contributed by atoms with E-state index in [9.17, 15) is 0 Å². The third-order valence-corrected chi connectivity index (χ3v) is 1.93. The first-order valence-corrected chi connectivity index (χ1v) is 4.16. The Balaban J connectivity index is 2.97. The maximum Gasteiger partial charge on any atom is 0.155 e. The predicted molar refractivity (Wildman–Crippen MR) is 49.5 cm³/mol. The van der Waals surface area contributed by atoms with Crippen molar-refractivity contribution >= 4 is 32.4 Å². The van der Waals surface area contributed by atoms with Crippen LogP contribution >= 0.6 is 32.4 Å². The summed E-state index contributed by atoms with van der Waals surface area (Å²) in [5, 5.41) is 0. The Morgan fingerprint density at radius 3 is 1.90 bits per heavy atom. The van der Waals surface area contributed by atoms with E-state index < -0.39 is 4.07 Å². The Kier molecular flexibility index (Phi) is 2.57. The molecule has 0 spiro atoms. The van der Waals surface area contributed by atoms with E-state index in [1.54, 1.807) is 0 Å². The Bertz CT molecular complexity index is 203. The molecule has 0 radical (unpaired) electrons. The van der Waals surface area contributed by atoms with Crippen LogP contribution < -0.4 is 0 Å². The average molecular weight is 193 g/mol. The lowest BCUT2D eigenvalue weighted by atomic mass is 10.2. The summed E-state index contributed by atoms with van der Waals surface area (Å²) in [5.41, 5.74) is 0.892. The van der Waals surface area contributed by atoms with Crippen LogP contribution in [0.1, 0.15) is 5.56 Å². The highest BCUT2D eigenvalue weighted by Gasteiger charge is 2.18. The molecule has 0 amide bonds. The first-order valence-electron chi connectivity index (χ1n) is 2.83. The first kappa shape index (κ1) is 8.33. The van der Waals surface area contributed by atoms with Gasteiger partial charge in [-0.15, -0.1) is 0 Å². The van der Waals surface area contributed by atoms with Crippen LogP contribution in [0.2, 0.25) is 0 Å². The third-order valence-electron chi connectivity index (χ3n) is 1.16. The molecule has 0 saturated heterocycles. The zero-order valence-corrected chi connectivity index (χ0v) is 7.89. The molecule has 10 heavy (non-hydrogen) atoms. The fourth-order valence-electron chi connectivity index (χ4n) is 0.660. The lowest BCUT2D eigenvalue weighted by Gasteiger charge is -2.11. The molecule has 0 aliphatic heterocycles. The summed E-state index contributed by atoms with van der Waals surface area (Å²) in [6.07, 6.45) is 0. The molecule has 0 bridgehead atoms. The van der Waals surface area contributed by atoms with Gasteiger partial charge in [0.15, 0.2) is 4.07 Å². The Morgan fingerprint density at radius 1 is 1.10 bits per heavy atom. The van der Waals surface area contributed by atoms with Gasteiger partial charge in [-0.1, -0.05) is 62.8 Å². The van der Waals surface area contributed by atoms with Crippen LogP contribution in [-0.4, -0.2) is 0 Å². The third kappa shape index (κ3) is 2.12. The van der Waals surface area contributed by atoms with Crippen LogP contribution in [-0.2, 0) is 4.07 Å². The molecule has 0 nitrogen and oxygen atoms in total. The summed E-state index contributed by atoms with van der Waals surface area (Å²) in [7, 11) is 2.36. The lowest BCUT2D eigenvalue weighted by molar-refractivity contribution is 1.26. The normalized spacial score (nSPS) is 11.5. The number of rotatable bonds is 1. The number of hydrogen-bond donors (Lipinski definition) is 0. The van der Waals surface area contributed by atoms with Gasteiger partial charge in [-0.25, -0.2) is 0 Å². The minimum atomic E-state index is -0.846. The van der Waals surface area contributed by atoms with Gasteiger partial charge >= 0.3 is 0 Å². The predicted octanol–water partition coefficient (Wildman–Crippen LogP) is 3.15. The second-order valence-corrected chi connectivity index (χ2v) is 4.97. The number of alkyl halides is 2. The molecular weight excluding hydrogens is 186 g/mol. The molecule has 1 aromatic carbocycles. The van der Waals surface area contributed by atoms with Crippen LogP contribution in [0, 0.1) is 0 Å². The lowest BCUT2D eigenvalue weighted by Crippen LogP contribution is -1.97. The summed E-state index contributed by atoms with van der Waals surface area (Å²) in [6, 6.07) is 9.49. The van der Waals surface area contributed by atoms with Crippen LogP contribution in [0.5, 0.6) is 0 Å². The summed E-state index contributed by atoms with van der Waals surface area (Å²) < 4.78 is -0.846. The molecule has 0 aromatic heterocycles. The molecule has 1 rings (SSSR count). The number of benzene rings is 1. The van der Waals surface area contributed by atoms with E-state index in [1.807, 2.05) is 30.3 Å². The SMILES string of the molecule is PC(Cl)(Cl)c1ccccc1. The van der Waals surface area contributed by atoms with Crippen molar-refractivity contribution in [2.24, 2.45) is 0 Å². The van der Waals surface area contributed by atoms with E-state index >= 15 is 0 Å². The number of hydrogen-bond acceptors (Lipinski definition) is 0. The molecule has 1 unspecified atom stereocenters. The van der Waals surface area contributed by atoms with E-state index in [4.69, 9.17) is 23.2 Å². The van der Waals surface area contributed by atoms with Crippen LogP contribution in [0.15, 0.2) is 30.3 Å². The summed E-state index contributed by atoms with van der Waals surface area (Å²) in [6.45, 7) is 0. The van der Waals surface area contributed by atoms with Crippen molar-refractivity contribution in [1.29, 1.82) is 0 Å². The van der Waals surface area contributed by atoms with Gasteiger partial charge in [-0.2, -0.15) is 0 Å². The van der Waals surface area contributed by atoms with Gasteiger partial charge in [0.25, 0.3) is 0 Å². The monoisotopic (exact) mass is 192 g/mol. The fraction of sp³-hybridized carbons (Fsp3) is 0.143. The molecule has 0 fully saturated rings. The van der Waals surface area contributed by atoms with Gasteiger partial charge in [-0.05, 0) is 5.56 Å². The largest absolute Gasteiger partial charge is 0.155 e. The van der Waals surface area contributed by atoms with Crippen molar-refractivity contribution in [2.45, 2.75) is 4.07 Å². The maximum absolute atomic E-state index is 5.79. The highest BCUT2D eigenvalue weighted by atomic mass is 35.5. The Hall–Kier alpha value is 0.230. The molecule has 0 aliphatic rings. The second-order valence-electron chi connectivity index (χ2n) is 1.99. The molecule has 0 saturated carbocycles. The summed E-state index contributed by atoms with van der Waals surface area (Å²) in [5.74, 6) is 0. The van der Waals surface area contributed by atoms with Gasteiger partial charge in [0, 0.05) is 0 Å². The molecule has 0 aliphatic carbocycles. The quantitative estimate of drug-likeness (QED) is 0.474. The van der Waals surface area contributed by atoms with Gasteiger partial charge in [-0.3, -0.25) is 0 Å². The molecular formula is C7H7Cl2P. The van der Waals surface area contributed by atoms with Crippen molar-refractivity contribution in [3.8, 4) is 0 Å². The van der Waals surface area contributed by atoms with Gasteiger partial charge in [0.1, 0.15) is 0 Å². The van der Waals surface area contributed by atoms with E-state index in [-0.39, 0.29) is 0 Å². The maximum atomic E-state index is 5.79. The van der Waals surface area contributed by atoms with Crippen molar-refractivity contribution in [2.75, 3.05) is 0 Å². The molecule has 54 valence electrons. The molecule has 0 N–H and O–H groups in total. The highest BCUT2D eigenvalue weighted by Crippen LogP contribution is 2.39.